The fraction of sp³-hybridized carbons (Fsp3) is 0.200. The van der Waals surface area contributed by atoms with Crippen LogP contribution in [0.1, 0.15) is 5.56 Å². The van der Waals surface area contributed by atoms with E-state index in [1.165, 1.54) is 6.33 Å². The maximum atomic E-state index is 6.17. The Balaban J connectivity index is 1.45. The summed E-state index contributed by atoms with van der Waals surface area (Å²) in [6.07, 6.45) is 1.52. The van der Waals surface area contributed by atoms with Gasteiger partial charge in [0.2, 0.25) is 0 Å². The van der Waals surface area contributed by atoms with Gasteiger partial charge >= 0.3 is 0 Å². The van der Waals surface area contributed by atoms with Crippen molar-refractivity contribution in [2.24, 2.45) is 0 Å². The lowest BCUT2D eigenvalue weighted by molar-refractivity contribution is 0.331. The summed E-state index contributed by atoms with van der Waals surface area (Å²) in [5.74, 6) is 3.05. The third-order valence-corrected chi connectivity index (χ3v) is 4.19. The van der Waals surface area contributed by atoms with Crippen molar-refractivity contribution in [2.45, 2.75) is 6.54 Å². The van der Waals surface area contributed by atoms with Gasteiger partial charge in [-0.3, -0.25) is 0 Å². The van der Waals surface area contributed by atoms with E-state index in [2.05, 4.69) is 20.6 Å². The molecule has 0 aliphatic carbocycles. The standard InChI is InChI=1S/C20H21ClN4O2/c1-26-16-6-8-17(9-7-16)27-11-10-22-19-12-20(25-14-24-19)23-13-15-4-2-3-5-18(15)21/h2-9,12,14H,10-11,13H2,1H3,(H2,22,23,24,25). The Bertz CT molecular complexity index is 859. The molecule has 0 saturated carbocycles. The highest BCUT2D eigenvalue weighted by atomic mass is 35.5. The van der Waals surface area contributed by atoms with Gasteiger partial charge < -0.3 is 20.1 Å². The maximum Gasteiger partial charge on any atom is 0.131 e. The fourth-order valence-corrected chi connectivity index (χ4v) is 2.60. The van der Waals surface area contributed by atoms with Crippen molar-refractivity contribution < 1.29 is 9.47 Å². The van der Waals surface area contributed by atoms with Crippen LogP contribution in [0.2, 0.25) is 5.02 Å². The third kappa shape index (κ3) is 5.76. The number of halogens is 1. The summed E-state index contributed by atoms with van der Waals surface area (Å²) >= 11 is 6.17. The number of benzene rings is 2. The van der Waals surface area contributed by atoms with Crippen molar-refractivity contribution in [3.63, 3.8) is 0 Å². The molecule has 0 unspecified atom stereocenters. The SMILES string of the molecule is COc1ccc(OCCNc2cc(NCc3ccccc3Cl)ncn2)cc1. The van der Waals surface area contributed by atoms with E-state index < -0.39 is 0 Å². The summed E-state index contributed by atoms with van der Waals surface area (Å²) in [4.78, 5) is 8.45. The molecule has 0 saturated heterocycles. The Hall–Kier alpha value is -2.99. The Morgan fingerprint density at radius 1 is 0.926 bits per heavy atom. The van der Waals surface area contributed by atoms with E-state index in [0.29, 0.717) is 19.7 Å². The molecule has 0 spiro atoms. The fourth-order valence-electron chi connectivity index (χ4n) is 2.40. The van der Waals surface area contributed by atoms with Crippen molar-refractivity contribution in [3.05, 3.63) is 71.5 Å². The molecule has 27 heavy (non-hydrogen) atoms. The summed E-state index contributed by atoms with van der Waals surface area (Å²) in [6, 6.07) is 17.0. The number of methoxy groups -OCH3 is 1. The van der Waals surface area contributed by atoms with Crippen molar-refractivity contribution >= 4 is 23.2 Å². The smallest absolute Gasteiger partial charge is 0.131 e. The lowest BCUT2D eigenvalue weighted by atomic mass is 10.2. The molecule has 1 heterocycles. The van der Waals surface area contributed by atoms with Gasteiger partial charge in [-0.1, -0.05) is 29.8 Å². The van der Waals surface area contributed by atoms with Crippen molar-refractivity contribution in [1.29, 1.82) is 0 Å². The number of hydrogen-bond acceptors (Lipinski definition) is 6. The molecule has 7 heteroatoms. The van der Waals surface area contributed by atoms with E-state index in [1.807, 2.05) is 54.6 Å². The molecule has 0 atom stereocenters. The molecule has 2 N–H and O–H groups in total. The second-order valence-electron chi connectivity index (χ2n) is 5.68. The van der Waals surface area contributed by atoms with E-state index in [9.17, 15) is 0 Å². The lowest BCUT2D eigenvalue weighted by Gasteiger charge is -2.10. The van der Waals surface area contributed by atoms with Gasteiger partial charge in [0, 0.05) is 17.6 Å². The number of hydrogen-bond donors (Lipinski definition) is 2. The first kappa shape index (κ1) is 18.8. The van der Waals surface area contributed by atoms with Crippen LogP contribution >= 0.6 is 11.6 Å². The number of nitrogens with one attached hydrogen (secondary N) is 2. The van der Waals surface area contributed by atoms with E-state index in [4.69, 9.17) is 21.1 Å². The molecular weight excluding hydrogens is 364 g/mol. The minimum absolute atomic E-state index is 0.513. The lowest BCUT2D eigenvalue weighted by Crippen LogP contribution is -2.13. The largest absolute Gasteiger partial charge is 0.497 e. The van der Waals surface area contributed by atoms with Crippen LogP contribution in [0, 0.1) is 0 Å². The van der Waals surface area contributed by atoms with E-state index in [1.54, 1.807) is 7.11 Å². The summed E-state index contributed by atoms with van der Waals surface area (Å²) in [6.45, 7) is 1.72. The summed E-state index contributed by atoms with van der Waals surface area (Å²) in [7, 11) is 1.64. The van der Waals surface area contributed by atoms with E-state index in [-0.39, 0.29) is 0 Å². The van der Waals surface area contributed by atoms with Crippen molar-refractivity contribution in [2.75, 3.05) is 30.9 Å². The van der Waals surface area contributed by atoms with Gasteiger partial charge in [0.25, 0.3) is 0 Å². The second kappa shape index (κ2) is 9.64. The van der Waals surface area contributed by atoms with Gasteiger partial charge in [-0.15, -0.1) is 0 Å². The van der Waals surface area contributed by atoms with E-state index >= 15 is 0 Å². The van der Waals surface area contributed by atoms with Gasteiger partial charge in [0.15, 0.2) is 0 Å². The number of aromatic nitrogens is 2. The van der Waals surface area contributed by atoms with Crippen LogP contribution in [-0.2, 0) is 6.54 Å². The molecule has 0 bridgehead atoms. The minimum atomic E-state index is 0.513. The van der Waals surface area contributed by atoms with Gasteiger partial charge in [-0.25, -0.2) is 9.97 Å². The zero-order chi connectivity index (χ0) is 18.9. The second-order valence-corrected chi connectivity index (χ2v) is 6.09. The number of rotatable bonds is 9. The first-order chi connectivity index (χ1) is 13.2. The minimum Gasteiger partial charge on any atom is -0.497 e. The van der Waals surface area contributed by atoms with Crippen molar-refractivity contribution in [3.8, 4) is 11.5 Å². The van der Waals surface area contributed by atoms with Gasteiger partial charge in [-0.05, 0) is 35.9 Å². The number of nitrogens with zero attached hydrogens (tertiary/aromatic N) is 2. The molecule has 3 aromatic rings. The Morgan fingerprint density at radius 2 is 1.63 bits per heavy atom. The highest BCUT2D eigenvalue weighted by Crippen LogP contribution is 2.18. The molecule has 0 aliphatic rings. The third-order valence-electron chi connectivity index (χ3n) is 3.82. The van der Waals surface area contributed by atoms with Gasteiger partial charge in [0.1, 0.15) is 36.1 Å². The zero-order valence-corrected chi connectivity index (χ0v) is 15.7. The average Bonchev–Trinajstić information content (AvgIpc) is 2.71. The predicted octanol–water partition coefficient (Wildman–Crippen LogP) is 4.24. The summed E-state index contributed by atoms with van der Waals surface area (Å²) in [5, 5.41) is 7.20. The molecule has 6 nitrogen and oxygen atoms in total. The first-order valence-corrected chi connectivity index (χ1v) is 8.92. The highest BCUT2D eigenvalue weighted by molar-refractivity contribution is 6.31. The van der Waals surface area contributed by atoms with E-state index in [0.717, 1.165) is 33.7 Å². The van der Waals surface area contributed by atoms with Crippen LogP contribution in [0.25, 0.3) is 0 Å². The average molecular weight is 385 g/mol. The molecule has 140 valence electrons. The van der Waals surface area contributed by atoms with Gasteiger partial charge in [-0.2, -0.15) is 0 Å². The van der Waals surface area contributed by atoms with Crippen LogP contribution in [-0.4, -0.2) is 30.2 Å². The molecule has 0 radical (unpaired) electrons. The number of ether oxygens (including phenoxy) is 2. The van der Waals surface area contributed by atoms with Crippen LogP contribution in [0.4, 0.5) is 11.6 Å². The maximum absolute atomic E-state index is 6.17. The Labute approximate surface area is 163 Å². The summed E-state index contributed by atoms with van der Waals surface area (Å²) < 4.78 is 10.8. The topological polar surface area (TPSA) is 68.3 Å². The van der Waals surface area contributed by atoms with Crippen LogP contribution in [0.3, 0.4) is 0 Å². The molecule has 3 rings (SSSR count). The van der Waals surface area contributed by atoms with Gasteiger partial charge in [0.05, 0.1) is 13.7 Å². The zero-order valence-electron chi connectivity index (χ0n) is 15.0. The summed E-state index contributed by atoms with van der Waals surface area (Å²) in [5.41, 5.74) is 1.01. The monoisotopic (exact) mass is 384 g/mol. The number of anilines is 2. The Kier molecular flexibility index (Phi) is 6.71. The Morgan fingerprint density at radius 3 is 2.37 bits per heavy atom. The van der Waals surface area contributed by atoms with Crippen LogP contribution in [0.5, 0.6) is 11.5 Å². The molecular formula is C20H21ClN4O2. The predicted molar refractivity (Wildman–Crippen MR) is 108 cm³/mol. The van der Waals surface area contributed by atoms with Crippen LogP contribution < -0.4 is 20.1 Å². The first-order valence-electron chi connectivity index (χ1n) is 8.54. The van der Waals surface area contributed by atoms with Crippen LogP contribution in [0.15, 0.2) is 60.9 Å². The van der Waals surface area contributed by atoms with Crippen molar-refractivity contribution in [1.82, 2.24) is 9.97 Å². The quantitative estimate of drug-likeness (QED) is 0.538. The molecule has 0 amide bonds. The molecule has 1 aromatic heterocycles. The molecule has 2 aromatic carbocycles. The highest BCUT2D eigenvalue weighted by Gasteiger charge is 2.02. The molecule has 0 fully saturated rings. The molecule has 0 aliphatic heterocycles. The normalized spacial score (nSPS) is 10.3.